The maximum absolute atomic E-state index is 13.2. The maximum atomic E-state index is 13.2. The number of hydrogen-bond acceptors (Lipinski definition) is 8. The molecule has 1 unspecified atom stereocenters. The predicted octanol–water partition coefficient (Wildman–Crippen LogP) is 1.97. The average Bonchev–Trinajstić information content (AvgIpc) is 3.44. The second-order valence-corrected chi connectivity index (χ2v) is 11.2. The Morgan fingerprint density at radius 2 is 1.73 bits per heavy atom. The highest BCUT2D eigenvalue weighted by molar-refractivity contribution is 7.90. The molecule has 1 fully saturated rings. The first-order chi connectivity index (χ1) is 15.7. The number of hydrogen-bond donors (Lipinski definition) is 1. The Labute approximate surface area is 189 Å². The van der Waals surface area contributed by atoms with Crippen LogP contribution in [0.1, 0.15) is 18.7 Å². The Morgan fingerprint density at radius 1 is 1.03 bits per heavy atom. The topological polar surface area (TPSA) is 140 Å². The normalized spacial score (nSPS) is 17.2. The van der Waals surface area contributed by atoms with Crippen molar-refractivity contribution in [3.8, 4) is 0 Å². The summed E-state index contributed by atoms with van der Waals surface area (Å²) in [4.78, 5) is 12.7. The highest BCUT2D eigenvalue weighted by Gasteiger charge is 2.40. The Morgan fingerprint density at radius 3 is 2.42 bits per heavy atom. The van der Waals surface area contributed by atoms with Crippen molar-refractivity contribution in [3.05, 3.63) is 66.3 Å². The number of benzene rings is 2. The summed E-state index contributed by atoms with van der Waals surface area (Å²) >= 11 is 0. The van der Waals surface area contributed by atoms with Gasteiger partial charge in [-0.15, -0.1) is 5.10 Å². The van der Waals surface area contributed by atoms with Gasteiger partial charge in [-0.05, 0) is 49.2 Å². The van der Waals surface area contributed by atoms with Crippen molar-refractivity contribution < 1.29 is 30.4 Å². The molecule has 0 radical (unpaired) electrons. The van der Waals surface area contributed by atoms with Gasteiger partial charge in [-0.1, -0.05) is 23.3 Å². The molecule has 0 bridgehead atoms. The molecule has 1 aromatic heterocycles. The second-order valence-electron chi connectivity index (χ2n) is 7.29. The highest BCUT2D eigenvalue weighted by atomic mass is 32.2. The van der Waals surface area contributed by atoms with Crippen LogP contribution >= 0.6 is 0 Å². The zero-order valence-electron chi connectivity index (χ0n) is 17.1. The van der Waals surface area contributed by atoms with Crippen LogP contribution in [0.3, 0.4) is 0 Å². The number of carbonyl (C=O) groups is 1. The molecule has 4 rings (SSSR count). The number of nitrogens with zero attached hydrogens (tertiary/aromatic N) is 3. The first-order valence-corrected chi connectivity index (χ1v) is 12.9. The van der Waals surface area contributed by atoms with Crippen LogP contribution in [0, 0.1) is 5.82 Å². The molecule has 10 nitrogen and oxygen atoms in total. The molecule has 13 heteroatoms. The van der Waals surface area contributed by atoms with Crippen molar-refractivity contribution in [2.45, 2.75) is 34.4 Å². The number of amides is 1. The van der Waals surface area contributed by atoms with Crippen LogP contribution in [0.15, 0.2) is 68.8 Å². The van der Waals surface area contributed by atoms with Gasteiger partial charge >= 0.3 is 6.01 Å². The summed E-state index contributed by atoms with van der Waals surface area (Å²) in [6.45, 7) is 0.113. The minimum Gasteiger partial charge on any atom is -0.407 e. The number of sulfone groups is 1. The molecule has 1 amide bonds. The quantitative estimate of drug-likeness (QED) is 0.526. The largest absolute Gasteiger partial charge is 0.407 e. The number of rotatable bonds is 7. The van der Waals surface area contributed by atoms with Gasteiger partial charge in [0.1, 0.15) is 17.6 Å². The lowest BCUT2D eigenvalue weighted by Crippen LogP contribution is -2.43. The van der Waals surface area contributed by atoms with Gasteiger partial charge in [0.15, 0.2) is 9.84 Å². The Bertz CT molecular complexity index is 1360. The van der Waals surface area contributed by atoms with E-state index < -0.39 is 43.4 Å². The summed E-state index contributed by atoms with van der Waals surface area (Å²) in [5.74, 6) is -2.06. The number of aromatic nitrogens is 2. The van der Waals surface area contributed by atoms with Crippen molar-refractivity contribution in [3.63, 3.8) is 0 Å². The summed E-state index contributed by atoms with van der Waals surface area (Å²) in [5, 5.41) is 9.64. The SMILES string of the molecule is O=C(Nc1nnc(CS(=O)(=O)c2ccccc2)o1)C1CCCN1S(=O)(=O)c1ccc(F)cc1. The summed E-state index contributed by atoms with van der Waals surface area (Å²) in [5.41, 5.74) is 0. The van der Waals surface area contributed by atoms with E-state index >= 15 is 0 Å². The third-order valence-corrected chi connectivity index (χ3v) is 8.58. The van der Waals surface area contributed by atoms with E-state index in [1.807, 2.05) is 0 Å². The van der Waals surface area contributed by atoms with Gasteiger partial charge < -0.3 is 4.42 Å². The molecule has 1 atom stereocenters. The summed E-state index contributed by atoms with van der Waals surface area (Å²) in [6, 6.07) is 10.7. The van der Waals surface area contributed by atoms with Crippen molar-refractivity contribution >= 4 is 31.8 Å². The molecule has 2 heterocycles. The predicted molar refractivity (Wildman–Crippen MR) is 114 cm³/mol. The molecule has 1 N–H and O–H groups in total. The Hall–Kier alpha value is -3.16. The fourth-order valence-electron chi connectivity index (χ4n) is 3.46. The maximum Gasteiger partial charge on any atom is 0.322 e. The van der Waals surface area contributed by atoms with Crippen LogP contribution in [0.4, 0.5) is 10.4 Å². The van der Waals surface area contributed by atoms with E-state index in [1.54, 1.807) is 18.2 Å². The molecule has 3 aromatic rings. The van der Waals surface area contributed by atoms with Crippen molar-refractivity contribution in [1.82, 2.24) is 14.5 Å². The van der Waals surface area contributed by atoms with Gasteiger partial charge in [-0.3, -0.25) is 10.1 Å². The van der Waals surface area contributed by atoms with Crippen molar-refractivity contribution in [1.29, 1.82) is 0 Å². The van der Waals surface area contributed by atoms with Gasteiger partial charge in [0.2, 0.25) is 21.8 Å². The van der Waals surface area contributed by atoms with Crippen LogP contribution in [-0.4, -0.2) is 49.8 Å². The van der Waals surface area contributed by atoms with Crippen LogP contribution in [0.2, 0.25) is 0 Å². The Kier molecular flexibility index (Phi) is 6.28. The first kappa shape index (κ1) is 23.0. The molecule has 0 saturated carbocycles. The molecule has 0 spiro atoms. The smallest absolute Gasteiger partial charge is 0.322 e. The summed E-state index contributed by atoms with van der Waals surface area (Å²) in [6.07, 6.45) is 0.707. The van der Waals surface area contributed by atoms with E-state index in [4.69, 9.17) is 4.42 Å². The zero-order chi connectivity index (χ0) is 23.6. The first-order valence-electron chi connectivity index (χ1n) is 9.85. The molecule has 2 aromatic carbocycles. The molecule has 1 saturated heterocycles. The second kappa shape index (κ2) is 9.00. The number of sulfonamides is 1. The Balaban J connectivity index is 1.46. The summed E-state index contributed by atoms with van der Waals surface area (Å²) < 4.78 is 70.2. The number of halogens is 1. The lowest BCUT2D eigenvalue weighted by Gasteiger charge is -2.22. The van der Waals surface area contributed by atoms with E-state index in [0.29, 0.717) is 6.42 Å². The minimum absolute atomic E-state index is 0.0846. The molecule has 1 aliphatic heterocycles. The fraction of sp³-hybridized carbons (Fsp3) is 0.250. The van der Waals surface area contributed by atoms with E-state index in [1.165, 1.54) is 12.1 Å². The standard InChI is InChI=1S/C20H19FN4O6S2/c21-14-8-10-16(11-9-14)33(29,30)25-12-4-7-17(25)19(26)22-20-24-23-18(31-20)13-32(27,28)15-5-2-1-3-6-15/h1-3,5-6,8-11,17H,4,7,12-13H2,(H,22,24,26). The molecular weight excluding hydrogens is 475 g/mol. The van der Waals surface area contributed by atoms with E-state index in [-0.39, 0.29) is 34.7 Å². The van der Waals surface area contributed by atoms with Gasteiger partial charge in [-0.25, -0.2) is 21.2 Å². The van der Waals surface area contributed by atoms with Crippen LogP contribution in [0.25, 0.3) is 0 Å². The lowest BCUT2D eigenvalue weighted by atomic mass is 10.2. The van der Waals surface area contributed by atoms with Crippen LogP contribution < -0.4 is 5.32 Å². The van der Waals surface area contributed by atoms with E-state index in [9.17, 15) is 26.0 Å². The fourth-order valence-corrected chi connectivity index (χ4v) is 6.29. The number of carbonyl (C=O) groups excluding carboxylic acids is 1. The van der Waals surface area contributed by atoms with Crippen molar-refractivity contribution in [2.24, 2.45) is 0 Å². The van der Waals surface area contributed by atoms with Gasteiger partial charge in [0.05, 0.1) is 9.79 Å². The number of nitrogens with one attached hydrogen (secondary N) is 1. The zero-order valence-corrected chi connectivity index (χ0v) is 18.7. The summed E-state index contributed by atoms with van der Waals surface area (Å²) in [7, 11) is -7.76. The molecule has 0 aliphatic carbocycles. The third kappa shape index (κ3) is 4.94. The monoisotopic (exact) mass is 494 g/mol. The van der Waals surface area contributed by atoms with Gasteiger partial charge in [-0.2, -0.15) is 4.31 Å². The van der Waals surface area contributed by atoms with Crippen LogP contribution in [-0.2, 0) is 30.4 Å². The third-order valence-electron chi connectivity index (χ3n) is 5.04. The van der Waals surface area contributed by atoms with Crippen molar-refractivity contribution in [2.75, 3.05) is 11.9 Å². The van der Waals surface area contributed by atoms with E-state index in [0.717, 1.165) is 28.6 Å². The molecule has 1 aliphatic rings. The highest BCUT2D eigenvalue weighted by Crippen LogP contribution is 2.27. The molecular formula is C20H19FN4O6S2. The van der Waals surface area contributed by atoms with Gasteiger partial charge in [0, 0.05) is 6.54 Å². The molecule has 33 heavy (non-hydrogen) atoms. The molecule has 174 valence electrons. The number of anilines is 1. The average molecular weight is 495 g/mol. The van der Waals surface area contributed by atoms with Crippen LogP contribution in [0.5, 0.6) is 0 Å². The van der Waals surface area contributed by atoms with Gasteiger partial charge in [0.25, 0.3) is 0 Å². The lowest BCUT2D eigenvalue weighted by molar-refractivity contribution is -0.119. The minimum atomic E-state index is -4.03. The van der Waals surface area contributed by atoms with E-state index in [2.05, 4.69) is 15.5 Å².